The van der Waals surface area contributed by atoms with Crippen LogP contribution >= 0.6 is 11.8 Å². The number of carbonyl (C=O) groups is 4. The van der Waals surface area contributed by atoms with Crippen LogP contribution in [0.2, 0.25) is 0 Å². The van der Waals surface area contributed by atoms with E-state index in [-0.39, 0.29) is 5.92 Å². The Balaban J connectivity index is 5.36. The van der Waals surface area contributed by atoms with Crippen LogP contribution in [0.1, 0.15) is 40.5 Å². The first-order valence-electron chi connectivity index (χ1n) is 9.52. The molecule has 0 saturated carbocycles. The molecule has 0 aliphatic rings. The van der Waals surface area contributed by atoms with E-state index < -0.39 is 54.0 Å². The summed E-state index contributed by atoms with van der Waals surface area (Å²) in [6, 6.07) is -4.21. The van der Waals surface area contributed by atoms with Crippen molar-refractivity contribution < 1.29 is 29.4 Å². The number of amides is 3. The van der Waals surface area contributed by atoms with Gasteiger partial charge in [0.25, 0.3) is 0 Å². The van der Waals surface area contributed by atoms with Crippen molar-refractivity contribution in [1.82, 2.24) is 16.0 Å². The number of hydrogen-bond donors (Lipinski definition) is 6. The van der Waals surface area contributed by atoms with E-state index >= 15 is 0 Å². The molecule has 6 atom stereocenters. The van der Waals surface area contributed by atoms with Crippen LogP contribution in [0, 0.1) is 5.92 Å². The highest BCUT2D eigenvalue weighted by molar-refractivity contribution is 7.98. The van der Waals surface area contributed by atoms with Crippen molar-refractivity contribution in [1.29, 1.82) is 0 Å². The van der Waals surface area contributed by atoms with Crippen LogP contribution < -0.4 is 21.7 Å². The molecule has 0 aromatic heterocycles. The molecule has 0 aromatic rings. The van der Waals surface area contributed by atoms with Gasteiger partial charge in [-0.1, -0.05) is 20.3 Å². The van der Waals surface area contributed by atoms with E-state index in [1.54, 1.807) is 6.92 Å². The Hall–Kier alpha value is -1.85. The van der Waals surface area contributed by atoms with Gasteiger partial charge in [-0.05, 0) is 38.2 Å². The van der Waals surface area contributed by atoms with Gasteiger partial charge in [0.1, 0.15) is 24.2 Å². The summed E-state index contributed by atoms with van der Waals surface area (Å²) < 4.78 is 0. The molecule has 10 nitrogen and oxygen atoms in total. The number of aliphatic carboxylic acids is 1. The average Bonchev–Trinajstić information content (AvgIpc) is 2.66. The zero-order chi connectivity index (χ0) is 22.7. The lowest BCUT2D eigenvalue weighted by atomic mass is 9.97. The molecule has 6 unspecified atom stereocenters. The third-order valence-corrected chi connectivity index (χ3v) is 5.23. The molecular weight excluding hydrogens is 400 g/mol. The number of aliphatic hydroxyl groups excluding tert-OH is 1. The maximum absolute atomic E-state index is 12.8. The first-order chi connectivity index (χ1) is 13.5. The van der Waals surface area contributed by atoms with Crippen molar-refractivity contribution in [3.8, 4) is 0 Å². The van der Waals surface area contributed by atoms with Gasteiger partial charge < -0.3 is 31.9 Å². The molecular formula is C18H34N4O6S. The van der Waals surface area contributed by atoms with Crippen molar-refractivity contribution in [3.63, 3.8) is 0 Å². The van der Waals surface area contributed by atoms with E-state index in [4.69, 9.17) is 10.8 Å². The predicted octanol–water partition coefficient (Wildman–Crippen LogP) is -0.947. The van der Waals surface area contributed by atoms with E-state index in [0.29, 0.717) is 18.6 Å². The van der Waals surface area contributed by atoms with Crippen LogP contribution in [0.4, 0.5) is 0 Å². The summed E-state index contributed by atoms with van der Waals surface area (Å²) >= 11 is 1.48. The van der Waals surface area contributed by atoms with Crippen molar-refractivity contribution in [2.75, 3.05) is 12.0 Å². The fourth-order valence-corrected chi connectivity index (χ4v) is 2.78. The normalized spacial score (nSPS) is 17.2. The van der Waals surface area contributed by atoms with Crippen LogP contribution in [0.3, 0.4) is 0 Å². The van der Waals surface area contributed by atoms with E-state index in [9.17, 15) is 24.3 Å². The first-order valence-corrected chi connectivity index (χ1v) is 10.9. The quantitative estimate of drug-likeness (QED) is 0.215. The molecule has 11 heteroatoms. The number of carboxylic acid groups (broad SMARTS) is 1. The van der Waals surface area contributed by atoms with Crippen LogP contribution in [-0.4, -0.2) is 76.2 Å². The van der Waals surface area contributed by atoms with Gasteiger partial charge in [-0.2, -0.15) is 11.8 Å². The minimum Gasteiger partial charge on any atom is -0.480 e. The number of hydrogen-bond acceptors (Lipinski definition) is 7. The molecule has 0 aliphatic heterocycles. The van der Waals surface area contributed by atoms with Gasteiger partial charge >= 0.3 is 5.97 Å². The summed E-state index contributed by atoms with van der Waals surface area (Å²) in [6.07, 6.45) is 1.62. The second kappa shape index (κ2) is 13.4. The summed E-state index contributed by atoms with van der Waals surface area (Å²) in [5.74, 6) is -2.75. The molecule has 0 bridgehead atoms. The van der Waals surface area contributed by atoms with Crippen molar-refractivity contribution in [2.45, 2.75) is 70.8 Å². The predicted molar refractivity (Wildman–Crippen MR) is 111 cm³/mol. The summed E-state index contributed by atoms with van der Waals surface area (Å²) in [7, 11) is 0. The molecule has 0 spiro atoms. The van der Waals surface area contributed by atoms with Gasteiger partial charge in [0, 0.05) is 0 Å². The molecule has 0 rings (SSSR count). The molecule has 0 heterocycles. The van der Waals surface area contributed by atoms with Gasteiger partial charge in [0.15, 0.2) is 0 Å². The molecule has 29 heavy (non-hydrogen) atoms. The summed E-state index contributed by atoms with van der Waals surface area (Å²) in [4.78, 5) is 48.5. The minimum atomic E-state index is -1.19. The van der Waals surface area contributed by atoms with E-state index in [1.165, 1.54) is 25.6 Å². The standard InChI is InChI=1S/C18H34N4O6S/c1-6-9(2)14(17(26)20-10(3)18(27)28)22-15(24)12(7-8-29-5)21-16(25)13(19)11(4)23/h9-14,23H,6-8,19H2,1-5H3,(H,20,26)(H,21,25)(H,22,24)(H,27,28). The van der Waals surface area contributed by atoms with E-state index in [1.807, 2.05) is 13.2 Å². The van der Waals surface area contributed by atoms with Gasteiger partial charge in [-0.3, -0.25) is 19.2 Å². The van der Waals surface area contributed by atoms with Crippen molar-refractivity contribution >= 4 is 35.5 Å². The molecule has 0 aromatic carbocycles. The van der Waals surface area contributed by atoms with Crippen LogP contribution in [-0.2, 0) is 19.2 Å². The SMILES string of the molecule is CCC(C)C(NC(=O)C(CCSC)NC(=O)C(N)C(C)O)C(=O)NC(C)C(=O)O. The third kappa shape index (κ3) is 9.46. The Morgan fingerprint density at radius 3 is 2.03 bits per heavy atom. The van der Waals surface area contributed by atoms with Gasteiger partial charge in [-0.15, -0.1) is 0 Å². The molecule has 3 amide bonds. The monoisotopic (exact) mass is 434 g/mol. The Morgan fingerprint density at radius 2 is 1.59 bits per heavy atom. The number of rotatable bonds is 13. The van der Waals surface area contributed by atoms with Crippen molar-refractivity contribution in [2.24, 2.45) is 11.7 Å². The molecule has 0 radical (unpaired) electrons. The molecule has 0 saturated heterocycles. The maximum atomic E-state index is 12.8. The lowest BCUT2D eigenvalue weighted by molar-refractivity contribution is -0.142. The summed E-state index contributed by atoms with van der Waals surface area (Å²) in [5, 5.41) is 26.0. The third-order valence-electron chi connectivity index (χ3n) is 4.59. The number of nitrogens with two attached hydrogens (primary N) is 1. The Bertz CT molecular complexity index is 575. The Labute approximate surface area is 175 Å². The maximum Gasteiger partial charge on any atom is 0.325 e. The second-order valence-electron chi connectivity index (χ2n) is 7.05. The lowest BCUT2D eigenvalue weighted by Gasteiger charge is -2.27. The highest BCUT2D eigenvalue weighted by atomic mass is 32.2. The topological polar surface area (TPSA) is 171 Å². The zero-order valence-corrected chi connectivity index (χ0v) is 18.4. The van der Waals surface area contributed by atoms with E-state index in [0.717, 1.165) is 0 Å². The lowest BCUT2D eigenvalue weighted by Crippen LogP contribution is -2.59. The molecule has 168 valence electrons. The van der Waals surface area contributed by atoms with Gasteiger partial charge in [-0.25, -0.2) is 0 Å². The fourth-order valence-electron chi connectivity index (χ4n) is 2.31. The highest BCUT2D eigenvalue weighted by Crippen LogP contribution is 2.10. The van der Waals surface area contributed by atoms with E-state index in [2.05, 4.69) is 16.0 Å². The fraction of sp³-hybridized carbons (Fsp3) is 0.778. The first kappa shape index (κ1) is 27.1. The highest BCUT2D eigenvalue weighted by Gasteiger charge is 2.32. The summed E-state index contributed by atoms with van der Waals surface area (Å²) in [6.45, 7) is 6.30. The number of carboxylic acids is 1. The Kier molecular flexibility index (Phi) is 12.5. The molecule has 0 aliphatic carbocycles. The number of thioether (sulfide) groups is 1. The average molecular weight is 435 g/mol. The molecule has 0 fully saturated rings. The number of aliphatic hydroxyl groups is 1. The van der Waals surface area contributed by atoms with Gasteiger partial charge in [0.2, 0.25) is 17.7 Å². The minimum absolute atomic E-state index is 0.267. The largest absolute Gasteiger partial charge is 0.480 e. The van der Waals surface area contributed by atoms with Crippen molar-refractivity contribution in [3.05, 3.63) is 0 Å². The number of nitrogens with one attached hydrogen (secondary N) is 3. The smallest absolute Gasteiger partial charge is 0.325 e. The summed E-state index contributed by atoms with van der Waals surface area (Å²) in [5.41, 5.74) is 5.62. The Morgan fingerprint density at radius 1 is 1.00 bits per heavy atom. The number of carbonyl (C=O) groups excluding carboxylic acids is 3. The molecule has 7 N–H and O–H groups in total. The van der Waals surface area contributed by atoms with Gasteiger partial charge in [0.05, 0.1) is 6.10 Å². The second-order valence-corrected chi connectivity index (χ2v) is 8.03. The zero-order valence-electron chi connectivity index (χ0n) is 17.6. The van der Waals surface area contributed by atoms with Crippen LogP contribution in [0.5, 0.6) is 0 Å². The van der Waals surface area contributed by atoms with Crippen LogP contribution in [0.15, 0.2) is 0 Å². The van der Waals surface area contributed by atoms with Crippen LogP contribution in [0.25, 0.3) is 0 Å².